The third-order valence-electron chi connectivity index (χ3n) is 4.44. The number of hydrogen-bond acceptors (Lipinski definition) is 1. The van der Waals surface area contributed by atoms with E-state index in [0.717, 1.165) is 22.3 Å². The summed E-state index contributed by atoms with van der Waals surface area (Å²) in [5.74, 6) is 2.16. The molecule has 0 N–H and O–H groups in total. The van der Waals surface area contributed by atoms with Crippen LogP contribution in [0, 0.1) is 11.8 Å². The van der Waals surface area contributed by atoms with Gasteiger partial charge in [-0.3, -0.25) is 0 Å². The van der Waals surface area contributed by atoms with Gasteiger partial charge in [0, 0.05) is 10.5 Å². The topological polar surface area (TPSA) is 0 Å². The van der Waals surface area contributed by atoms with Crippen molar-refractivity contribution in [1.82, 2.24) is 0 Å². The van der Waals surface area contributed by atoms with E-state index in [0.29, 0.717) is 0 Å². The largest absolute Gasteiger partial charge is 0.155 e. The second-order valence-corrected chi connectivity index (χ2v) is 7.11. The lowest BCUT2D eigenvalue weighted by Crippen LogP contribution is -2.24. The number of rotatable bonds is 4. The Bertz CT molecular complexity index is 190. The van der Waals surface area contributed by atoms with Crippen LogP contribution in [-0.2, 0) is 0 Å². The van der Waals surface area contributed by atoms with E-state index in [2.05, 4.69) is 25.6 Å². The summed E-state index contributed by atoms with van der Waals surface area (Å²) >= 11 is 2.32. The Balaban J connectivity index is 1.85. The van der Waals surface area contributed by atoms with Gasteiger partial charge >= 0.3 is 0 Å². The van der Waals surface area contributed by atoms with E-state index >= 15 is 0 Å². The third kappa shape index (κ3) is 2.72. The van der Waals surface area contributed by atoms with Crippen LogP contribution >= 0.6 is 11.8 Å². The predicted molar refractivity (Wildman–Crippen MR) is 70.4 cm³/mol. The first-order valence-electron chi connectivity index (χ1n) is 6.98. The molecule has 2 fully saturated rings. The molecule has 4 atom stereocenters. The van der Waals surface area contributed by atoms with Crippen LogP contribution in [0.1, 0.15) is 65.2 Å². The van der Waals surface area contributed by atoms with Crippen LogP contribution in [-0.4, -0.2) is 10.5 Å². The number of unbranched alkanes of at least 4 members (excludes halogenated alkanes) is 2. The first-order chi connectivity index (χ1) is 7.33. The lowest BCUT2D eigenvalue weighted by molar-refractivity contribution is 0.259. The molecule has 88 valence electrons. The zero-order valence-corrected chi connectivity index (χ0v) is 11.2. The highest BCUT2D eigenvalue weighted by Crippen LogP contribution is 2.51. The molecule has 0 aromatic rings. The molecular weight excluding hydrogens is 200 g/mol. The van der Waals surface area contributed by atoms with E-state index in [4.69, 9.17) is 0 Å². The van der Waals surface area contributed by atoms with Crippen LogP contribution in [0.2, 0.25) is 0 Å². The average molecular weight is 226 g/mol. The summed E-state index contributed by atoms with van der Waals surface area (Å²) in [5.41, 5.74) is 0. The molecule has 4 unspecified atom stereocenters. The molecule has 0 aromatic carbocycles. The Labute approximate surface area is 99.6 Å². The Morgan fingerprint density at radius 2 is 1.93 bits per heavy atom. The van der Waals surface area contributed by atoms with E-state index in [1.165, 1.54) is 44.9 Å². The Morgan fingerprint density at radius 1 is 1.13 bits per heavy atom. The minimum atomic E-state index is 0.954. The van der Waals surface area contributed by atoms with Gasteiger partial charge in [-0.2, -0.15) is 11.8 Å². The minimum Gasteiger partial charge on any atom is -0.155 e. The zero-order valence-electron chi connectivity index (χ0n) is 10.4. The molecule has 0 aromatic heterocycles. The molecule has 1 saturated carbocycles. The van der Waals surface area contributed by atoms with Gasteiger partial charge in [0.15, 0.2) is 0 Å². The average Bonchev–Trinajstić information content (AvgIpc) is 2.56. The Hall–Kier alpha value is 0.350. The molecular formula is C14H26S. The summed E-state index contributed by atoms with van der Waals surface area (Å²) in [4.78, 5) is 0. The van der Waals surface area contributed by atoms with Crippen LogP contribution in [0.4, 0.5) is 0 Å². The van der Waals surface area contributed by atoms with Crippen LogP contribution in [0.3, 0.4) is 0 Å². The van der Waals surface area contributed by atoms with E-state index < -0.39 is 0 Å². The monoisotopic (exact) mass is 226 g/mol. The summed E-state index contributed by atoms with van der Waals surface area (Å²) in [7, 11) is 0. The van der Waals surface area contributed by atoms with Crippen molar-refractivity contribution in [3.8, 4) is 0 Å². The van der Waals surface area contributed by atoms with Crippen molar-refractivity contribution in [1.29, 1.82) is 0 Å². The fourth-order valence-electron chi connectivity index (χ4n) is 3.59. The quantitative estimate of drug-likeness (QED) is 0.616. The van der Waals surface area contributed by atoms with Gasteiger partial charge in [-0.15, -0.1) is 0 Å². The van der Waals surface area contributed by atoms with Crippen LogP contribution in [0.5, 0.6) is 0 Å². The van der Waals surface area contributed by atoms with Crippen LogP contribution in [0.15, 0.2) is 0 Å². The second kappa shape index (κ2) is 5.61. The maximum atomic E-state index is 2.49. The molecule has 15 heavy (non-hydrogen) atoms. The number of fused-ring (bicyclic) bond motifs is 1. The molecule has 0 nitrogen and oxygen atoms in total. The normalized spacial score (nSPS) is 40.4. The molecule has 0 spiro atoms. The smallest absolute Gasteiger partial charge is 0.00811 e. The highest BCUT2D eigenvalue weighted by atomic mass is 32.2. The van der Waals surface area contributed by atoms with Gasteiger partial charge < -0.3 is 0 Å². The Morgan fingerprint density at radius 3 is 2.73 bits per heavy atom. The summed E-state index contributed by atoms with van der Waals surface area (Å²) in [5, 5.41) is 2.00. The van der Waals surface area contributed by atoms with Gasteiger partial charge in [0.2, 0.25) is 0 Å². The minimum absolute atomic E-state index is 0.954. The molecule has 1 aliphatic heterocycles. The predicted octanol–water partition coefficient (Wildman–Crippen LogP) is 4.88. The van der Waals surface area contributed by atoms with Gasteiger partial charge in [-0.25, -0.2) is 0 Å². The van der Waals surface area contributed by atoms with Crippen molar-refractivity contribution in [2.24, 2.45) is 11.8 Å². The standard InChI is InChI=1S/C14H26S/c1-3-4-5-8-12-11(2)15-14-10-7-6-9-13(12)14/h11-14H,3-10H2,1-2H3. The zero-order chi connectivity index (χ0) is 10.7. The molecule has 1 aliphatic carbocycles. The van der Waals surface area contributed by atoms with Crippen molar-refractivity contribution in [3.05, 3.63) is 0 Å². The van der Waals surface area contributed by atoms with Crippen molar-refractivity contribution < 1.29 is 0 Å². The Kier molecular flexibility index (Phi) is 4.42. The van der Waals surface area contributed by atoms with Gasteiger partial charge in [-0.1, -0.05) is 46.0 Å². The van der Waals surface area contributed by atoms with Crippen molar-refractivity contribution >= 4 is 11.8 Å². The summed E-state index contributed by atoms with van der Waals surface area (Å²) in [6.45, 7) is 4.80. The maximum absolute atomic E-state index is 2.49. The van der Waals surface area contributed by atoms with Crippen molar-refractivity contribution in [3.63, 3.8) is 0 Å². The number of hydrogen-bond donors (Lipinski definition) is 0. The van der Waals surface area contributed by atoms with E-state index in [1.54, 1.807) is 6.42 Å². The fourth-order valence-corrected chi connectivity index (χ4v) is 5.52. The summed E-state index contributed by atoms with van der Waals surface area (Å²) in [6, 6.07) is 0. The molecule has 2 rings (SSSR count). The van der Waals surface area contributed by atoms with E-state index in [9.17, 15) is 0 Å². The first-order valence-corrected chi connectivity index (χ1v) is 7.92. The molecule has 0 amide bonds. The SMILES string of the molecule is CCCCCC1C(C)SC2CCCCC21. The fraction of sp³-hybridized carbons (Fsp3) is 1.00. The highest BCUT2D eigenvalue weighted by molar-refractivity contribution is 8.00. The number of thioether (sulfide) groups is 1. The lowest BCUT2D eigenvalue weighted by Gasteiger charge is -2.28. The molecule has 1 heterocycles. The van der Waals surface area contributed by atoms with Gasteiger partial charge in [0.1, 0.15) is 0 Å². The lowest BCUT2D eigenvalue weighted by atomic mass is 9.76. The van der Waals surface area contributed by atoms with Crippen LogP contribution in [0.25, 0.3) is 0 Å². The van der Waals surface area contributed by atoms with Crippen molar-refractivity contribution in [2.75, 3.05) is 0 Å². The summed E-state index contributed by atoms with van der Waals surface area (Å²) < 4.78 is 0. The van der Waals surface area contributed by atoms with Gasteiger partial charge in [-0.05, 0) is 31.1 Å². The molecule has 1 heteroatoms. The maximum Gasteiger partial charge on any atom is 0.00811 e. The van der Waals surface area contributed by atoms with E-state index in [1.807, 2.05) is 0 Å². The van der Waals surface area contributed by atoms with Gasteiger partial charge in [0.05, 0.1) is 0 Å². The summed E-state index contributed by atoms with van der Waals surface area (Å²) in [6.07, 6.45) is 11.9. The third-order valence-corrected chi connectivity index (χ3v) is 6.15. The first kappa shape index (κ1) is 11.8. The molecule has 2 aliphatic rings. The highest BCUT2D eigenvalue weighted by Gasteiger charge is 2.41. The van der Waals surface area contributed by atoms with Crippen molar-refractivity contribution in [2.45, 2.75) is 75.7 Å². The molecule has 1 saturated heterocycles. The second-order valence-electron chi connectivity index (χ2n) is 5.49. The van der Waals surface area contributed by atoms with E-state index in [-0.39, 0.29) is 0 Å². The van der Waals surface area contributed by atoms with Gasteiger partial charge in [0.25, 0.3) is 0 Å². The molecule has 0 bridgehead atoms. The van der Waals surface area contributed by atoms with Crippen LogP contribution < -0.4 is 0 Å². The molecule has 0 radical (unpaired) electrons.